The van der Waals surface area contributed by atoms with Crippen molar-refractivity contribution < 1.29 is 9.59 Å². The lowest BCUT2D eigenvalue weighted by molar-refractivity contribution is -0.138. The Balaban J connectivity index is 1.58. The number of aryl methyl sites for hydroxylation is 2. The maximum atomic E-state index is 13.3. The van der Waals surface area contributed by atoms with Gasteiger partial charge in [-0.3, -0.25) is 9.59 Å². The number of aromatic amines is 1. The first kappa shape index (κ1) is 19.5. The summed E-state index contributed by atoms with van der Waals surface area (Å²) in [5.74, 6) is -0.750. The maximum Gasteiger partial charge on any atom is 0.242 e. The Morgan fingerprint density at radius 3 is 2.69 bits per heavy atom. The lowest BCUT2D eigenvalue weighted by atomic mass is 9.79. The summed E-state index contributed by atoms with van der Waals surface area (Å²) in [5, 5.41) is 1.66. The standard InChI is InChI=1S/C23H24ClN3O2/c1-2-15-3-6-18(7-4-15)27-12-11-23(21(25)28,22(27)29)10-9-16-14-26-20-8-5-17(24)13-19(16)20/h3-8,13-14,26H,2,9-12H2,1H3,(H2,25,28). The molecule has 0 spiro atoms. The number of hydrogen-bond acceptors (Lipinski definition) is 2. The van der Waals surface area contributed by atoms with Crippen LogP contribution >= 0.6 is 11.6 Å². The third kappa shape index (κ3) is 3.40. The number of primary amides is 1. The molecular weight excluding hydrogens is 386 g/mol. The van der Waals surface area contributed by atoms with E-state index in [1.54, 1.807) is 4.90 Å². The van der Waals surface area contributed by atoms with Crippen LogP contribution in [0.1, 0.15) is 30.9 Å². The van der Waals surface area contributed by atoms with Crippen molar-refractivity contribution >= 4 is 40.0 Å². The average molecular weight is 410 g/mol. The van der Waals surface area contributed by atoms with Gasteiger partial charge in [0.25, 0.3) is 0 Å². The smallest absolute Gasteiger partial charge is 0.242 e. The van der Waals surface area contributed by atoms with Gasteiger partial charge < -0.3 is 15.6 Å². The highest BCUT2D eigenvalue weighted by molar-refractivity contribution is 6.31. The van der Waals surface area contributed by atoms with Gasteiger partial charge in [-0.25, -0.2) is 0 Å². The molecule has 0 bridgehead atoms. The Kier molecular flexibility index (Phi) is 5.09. The molecule has 1 aliphatic heterocycles. The van der Waals surface area contributed by atoms with E-state index in [0.717, 1.165) is 28.6 Å². The van der Waals surface area contributed by atoms with Crippen molar-refractivity contribution in [2.45, 2.75) is 32.6 Å². The summed E-state index contributed by atoms with van der Waals surface area (Å²) < 4.78 is 0. The van der Waals surface area contributed by atoms with Crippen LogP contribution < -0.4 is 10.6 Å². The Morgan fingerprint density at radius 1 is 1.24 bits per heavy atom. The van der Waals surface area contributed by atoms with Crippen LogP contribution in [0.3, 0.4) is 0 Å². The van der Waals surface area contributed by atoms with Crippen LogP contribution in [-0.4, -0.2) is 23.3 Å². The van der Waals surface area contributed by atoms with E-state index in [0.29, 0.717) is 30.8 Å². The summed E-state index contributed by atoms with van der Waals surface area (Å²) in [7, 11) is 0. The number of rotatable bonds is 6. The minimum Gasteiger partial charge on any atom is -0.369 e. The molecule has 1 saturated heterocycles. The zero-order chi connectivity index (χ0) is 20.6. The van der Waals surface area contributed by atoms with Crippen molar-refractivity contribution in [2.75, 3.05) is 11.4 Å². The SMILES string of the molecule is CCc1ccc(N2CCC(CCc3c[nH]c4ccc(Cl)cc34)(C(N)=O)C2=O)cc1. The minimum absolute atomic E-state index is 0.202. The van der Waals surface area contributed by atoms with Gasteiger partial charge in [-0.1, -0.05) is 30.7 Å². The maximum absolute atomic E-state index is 13.3. The summed E-state index contributed by atoms with van der Waals surface area (Å²) in [6.07, 6.45) is 4.23. The van der Waals surface area contributed by atoms with E-state index >= 15 is 0 Å². The number of amides is 2. The van der Waals surface area contributed by atoms with Crippen molar-refractivity contribution in [3.8, 4) is 0 Å². The number of anilines is 1. The second-order valence-electron chi connectivity index (χ2n) is 7.68. The van der Waals surface area contributed by atoms with E-state index in [1.165, 1.54) is 5.56 Å². The molecule has 0 aliphatic carbocycles. The molecule has 3 N–H and O–H groups in total. The number of aromatic nitrogens is 1. The number of carbonyl (C=O) groups is 2. The molecule has 6 heteroatoms. The first-order valence-electron chi connectivity index (χ1n) is 9.91. The van der Waals surface area contributed by atoms with Gasteiger partial charge in [0.1, 0.15) is 5.41 Å². The third-order valence-corrected chi connectivity index (χ3v) is 6.33. The molecule has 1 unspecified atom stereocenters. The second-order valence-corrected chi connectivity index (χ2v) is 8.11. The highest BCUT2D eigenvalue weighted by atomic mass is 35.5. The Bertz CT molecular complexity index is 1070. The van der Waals surface area contributed by atoms with Crippen LogP contribution in [0, 0.1) is 5.41 Å². The normalized spacial score (nSPS) is 19.2. The van der Waals surface area contributed by atoms with Crippen LogP contribution in [0.15, 0.2) is 48.7 Å². The molecule has 2 aromatic carbocycles. The molecule has 1 fully saturated rings. The van der Waals surface area contributed by atoms with Crippen molar-refractivity contribution in [3.05, 3.63) is 64.8 Å². The first-order valence-corrected chi connectivity index (χ1v) is 10.3. The van der Waals surface area contributed by atoms with E-state index in [4.69, 9.17) is 17.3 Å². The van der Waals surface area contributed by atoms with Gasteiger partial charge in [-0.05, 0) is 67.1 Å². The molecule has 150 valence electrons. The molecule has 1 aliphatic rings. The van der Waals surface area contributed by atoms with E-state index in [9.17, 15) is 9.59 Å². The molecule has 0 saturated carbocycles. The van der Waals surface area contributed by atoms with E-state index in [1.807, 2.05) is 48.7 Å². The molecule has 1 atom stereocenters. The Labute approximate surface area is 174 Å². The number of nitrogens with two attached hydrogens (primary N) is 1. The summed E-state index contributed by atoms with van der Waals surface area (Å²) in [6, 6.07) is 13.6. The van der Waals surface area contributed by atoms with Gasteiger partial charge in [-0.2, -0.15) is 0 Å². The summed E-state index contributed by atoms with van der Waals surface area (Å²) in [5.41, 5.74) is 8.63. The predicted octanol–water partition coefficient (Wildman–Crippen LogP) is 4.22. The highest BCUT2D eigenvalue weighted by Crippen LogP contribution is 2.39. The monoisotopic (exact) mass is 409 g/mol. The van der Waals surface area contributed by atoms with Gasteiger partial charge in [0.2, 0.25) is 11.8 Å². The number of nitrogens with one attached hydrogen (secondary N) is 1. The zero-order valence-corrected chi connectivity index (χ0v) is 17.1. The van der Waals surface area contributed by atoms with E-state index < -0.39 is 11.3 Å². The molecule has 29 heavy (non-hydrogen) atoms. The molecule has 5 nitrogen and oxygen atoms in total. The second kappa shape index (κ2) is 7.56. The Hall–Kier alpha value is -2.79. The number of hydrogen-bond donors (Lipinski definition) is 2. The molecule has 2 amide bonds. The van der Waals surface area contributed by atoms with Crippen molar-refractivity contribution in [3.63, 3.8) is 0 Å². The fraction of sp³-hybridized carbons (Fsp3) is 0.304. The number of fused-ring (bicyclic) bond motifs is 1. The van der Waals surface area contributed by atoms with Gasteiger partial charge in [0.05, 0.1) is 0 Å². The van der Waals surface area contributed by atoms with Crippen LogP contribution in [0.4, 0.5) is 5.69 Å². The molecule has 1 aromatic heterocycles. The summed E-state index contributed by atoms with van der Waals surface area (Å²) >= 11 is 6.14. The Morgan fingerprint density at radius 2 is 2.00 bits per heavy atom. The van der Waals surface area contributed by atoms with Crippen molar-refractivity contribution in [1.29, 1.82) is 0 Å². The van der Waals surface area contributed by atoms with Gasteiger partial charge >= 0.3 is 0 Å². The van der Waals surface area contributed by atoms with Gasteiger partial charge in [0.15, 0.2) is 0 Å². The van der Waals surface area contributed by atoms with Gasteiger partial charge in [0, 0.05) is 34.4 Å². The predicted molar refractivity (Wildman–Crippen MR) is 116 cm³/mol. The van der Waals surface area contributed by atoms with Gasteiger partial charge in [-0.15, -0.1) is 0 Å². The van der Waals surface area contributed by atoms with Crippen molar-refractivity contribution in [2.24, 2.45) is 11.1 Å². The number of nitrogens with zero attached hydrogens (tertiary/aromatic N) is 1. The number of carbonyl (C=O) groups excluding carboxylic acids is 2. The summed E-state index contributed by atoms with van der Waals surface area (Å²) in [4.78, 5) is 30.6. The first-order chi connectivity index (χ1) is 13.9. The topological polar surface area (TPSA) is 79.2 Å². The highest BCUT2D eigenvalue weighted by Gasteiger charge is 2.51. The van der Waals surface area contributed by atoms with Crippen molar-refractivity contribution in [1.82, 2.24) is 4.98 Å². The van der Waals surface area contributed by atoms with E-state index in [-0.39, 0.29) is 5.91 Å². The molecular formula is C23H24ClN3O2. The fourth-order valence-corrected chi connectivity index (χ4v) is 4.39. The zero-order valence-electron chi connectivity index (χ0n) is 16.4. The number of halogens is 1. The van der Waals surface area contributed by atoms with Crippen LogP contribution in [-0.2, 0) is 22.4 Å². The van der Waals surface area contributed by atoms with Crippen LogP contribution in [0.2, 0.25) is 5.02 Å². The van der Waals surface area contributed by atoms with E-state index in [2.05, 4.69) is 11.9 Å². The minimum atomic E-state index is -1.18. The largest absolute Gasteiger partial charge is 0.369 e. The molecule has 0 radical (unpaired) electrons. The molecule has 2 heterocycles. The lowest BCUT2D eigenvalue weighted by Gasteiger charge is -2.25. The quantitative estimate of drug-likeness (QED) is 0.597. The molecule has 4 rings (SSSR count). The lowest BCUT2D eigenvalue weighted by Crippen LogP contribution is -2.44. The fourth-order valence-electron chi connectivity index (χ4n) is 4.22. The summed E-state index contributed by atoms with van der Waals surface area (Å²) in [6.45, 7) is 2.58. The number of H-pyrrole nitrogens is 1. The third-order valence-electron chi connectivity index (χ3n) is 6.10. The molecule has 3 aromatic rings. The number of benzene rings is 2. The average Bonchev–Trinajstić information content (AvgIpc) is 3.27. The van der Waals surface area contributed by atoms with Crippen LogP contribution in [0.25, 0.3) is 10.9 Å². The van der Waals surface area contributed by atoms with Crippen LogP contribution in [0.5, 0.6) is 0 Å².